The predicted octanol–water partition coefficient (Wildman–Crippen LogP) is 0.499. The molecule has 0 atom stereocenters. The van der Waals surface area contributed by atoms with Crippen molar-refractivity contribution in [1.29, 1.82) is 0 Å². The molecule has 1 amide bonds. The average Bonchev–Trinajstić information content (AvgIpc) is 2.92. The molecule has 1 N–H and O–H groups in total. The van der Waals surface area contributed by atoms with Crippen molar-refractivity contribution in [2.75, 3.05) is 19.7 Å². The maximum absolute atomic E-state index is 12.3. The van der Waals surface area contributed by atoms with E-state index in [0.717, 1.165) is 37.2 Å². The number of aliphatic hydroxyl groups is 1. The Labute approximate surface area is 101 Å². The second-order valence-corrected chi connectivity index (χ2v) is 4.51. The van der Waals surface area contributed by atoms with Crippen LogP contribution in [0.2, 0.25) is 0 Å². The fourth-order valence-electron chi connectivity index (χ4n) is 2.30. The number of carbonyl (C=O) groups is 1. The molecule has 0 spiro atoms. The number of nitrogens with zero attached hydrogens (tertiary/aromatic N) is 3. The van der Waals surface area contributed by atoms with Crippen molar-refractivity contribution < 1.29 is 9.90 Å². The van der Waals surface area contributed by atoms with Gasteiger partial charge in [0.1, 0.15) is 0 Å². The highest BCUT2D eigenvalue weighted by Crippen LogP contribution is 2.18. The number of aliphatic hydroxyl groups excluding tert-OH is 1. The summed E-state index contributed by atoms with van der Waals surface area (Å²) >= 11 is 0. The maximum Gasteiger partial charge on any atom is 0.274 e. The summed E-state index contributed by atoms with van der Waals surface area (Å²) in [6.45, 7) is 3.63. The summed E-state index contributed by atoms with van der Waals surface area (Å²) in [4.78, 5) is 14.1. The van der Waals surface area contributed by atoms with Crippen LogP contribution in [0.1, 0.15) is 34.6 Å². The van der Waals surface area contributed by atoms with Gasteiger partial charge in [0.05, 0.1) is 0 Å². The van der Waals surface area contributed by atoms with Crippen molar-refractivity contribution in [3.05, 3.63) is 17.0 Å². The molecule has 1 aromatic rings. The van der Waals surface area contributed by atoms with E-state index in [9.17, 15) is 4.79 Å². The van der Waals surface area contributed by atoms with Crippen molar-refractivity contribution in [1.82, 2.24) is 14.7 Å². The Kier molecular flexibility index (Phi) is 3.47. The second kappa shape index (κ2) is 4.87. The SMILES string of the molecule is Cc1c(CCO)c(C(=O)N2CCCC2)nn1C. The van der Waals surface area contributed by atoms with Crippen LogP contribution < -0.4 is 0 Å². The Bertz CT molecular complexity index is 420. The fourth-order valence-corrected chi connectivity index (χ4v) is 2.30. The molecule has 1 aliphatic heterocycles. The van der Waals surface area contributed by atoms with Crippen molar-refractivity contribution in [2.45, 2.75) is 26.2 Å². The second-order valence-electron chi connectivity index (χ2n) is 4.51. The van der Waals surface area contributed by atoms with Crippen LogP contribution in [0.3, 0.4) is 0 Å². The Morgan fingerprint density at radius 3 is 2.65 bits per heavy atom. The van der Waals surface area contributed by atoms with E-state index in [1.165, 1.54) is 0 Å². The number of carbonyl (C=O) groups excluding carboxylic acids is 1. The highest BCUT2D eigenvalue weighted by atomic mass is 16.3. The van der Waals surface area contributed by atoms with Crippen LogP contribution in [0.5, 0.6) is 0 Å². The van der Waals surface area contributed by atoms with E-state index in [-0.39, 0.29) is 12.5 Å². The molecule has 0 aromatic carbocycles. The summed E-state index contributed by atoms with van der Waals surface area (Å²) in [7, 11) is 1.83. The molecule has 0 unspecified atom stereocenters. The lowest BCUT2D eigenvalue weighted by atomic mass is 10.1. The molecule has 1 saturated heterocycles. The summed E-state index contributed by atoms with van der Waals surface area (Å²) in [6, 6.07) is 0. The molecule has 5 heteroatoms. The van der Waals surface area contributed by atoms with Gasteiger partial charge >= 0.3 is 0 Å². The lowest BCUT2D eigenvalue weighted by Gasteiger charge is -2.14. The maximum atomic E-state index is 12.3. The van der Waals surface area contributed by atoms with Crippen molar-refractivity contribution in [2.24, 2.45) is 7.05 Å². The highest BCUT2D eigenvalue weighted by Gasteiger charge is 2.25. The van der Waals surface area contributed by atoms with Gasteiger partial charge in [-0.25, -0.2) is 0 Å². The molecule has 0 saturated carbocycles. The summed E-state index contributed by atoms with van der Waals surface area (Å²) in [6.07, 6.45) is 2.65. The predicted molar refractivity (Wildman–Crippen MR) is 63.9 cm³/mol. The number of likely N-dealkylation sites (tertiary alicyclic amines) is 1. The fraction of sp³-hybridized carbons (Fsp3) is 0.667. The van der Waals surface area contributed by atoms with Crippen LogP contribution in [-0.4, -0.2) is 45.4 Å². The molecule has 17 heavy (non-hydrogen) atoms. The molecule has 1 aliphatic rings. The third kappa shape index (κ3) is 2.20. The average molecular weight is 237 g/mol. The first-order valence-corrected chi connectivity index (χ1v) is 6.07. The molecule has 0 bridgehead atoms. The third-order valence-electron chi connectivity index (χ3n) is 3.42. The monoisotopic (exact) mass is 237 g/mol. The Hall–Kier alpha value is -1.36. The highest BCUT2D eigenvalue weighted by molar-refractivity contribution is 5.94. The standard InChI is InChI=1S/C12H19N3O2/c1-9-10(5-8-16)11(13-14(9)2)12(17)15-6-3-4-7-15/h16H,3-8H2,1-2H3. The molecule has 1 fully saturated rings. The summed E-state index contributed by atoms with van der Waals surface area (Å²) < 4.78 is 1.72. The van der Waals surface area contributed by atoms with Gasteiger partial charge in [-0.15, -0.1) is 0 Å². The largest absolute Gasteiger partial charge is 0.396 e. The zero-order valence-corrected chi connectivity index (χ0v) is 10.4. The van der Waals surface area contributed by atoms with E-state index in [4.69, 9.17) is 5.11 Å². The smallest absolute Gasteiger partial charge is 0.274 e. The minimum absolute atomic E-state index is 0.00894. The molecule has 2 rings (SSSR count). The van der Waals surface area contributed by atoms with E-state index in [1.807, 2.05) is 18.9 Å². The summed E-state index contributed by atoms with van der Waals surface area (Å²) in [5.74, 6) is 0.00894. The first-order chi connectivity index (χ1) is 8.15. The van der Waals surface area contributed by atoms with Crippen LogP contribution in [0.15, 0.2) is 0 Å². The quantitative estimate of drug-likeness (QED) is 0.832. The summed E-state index contributed by atoms with van der Waals surface area (Å²) in [5, 5.41) is 13.4. The van der Waals surface area contributed by atoms with Crippen LogP contribution in [0.25, 0.3) is 0 Å². The van der Waals surface area contributed by atoms with Crippen LogP contribution in [0, 0.1) is 6.92 Å². The number of amides is 1. The van der Waals surface area contributed by atoms with Gasteiger partial charge in [0.2, 0.25) is 0 Å². The molecule has 2 heterocycles. The van der Waals surface area contributed by atoms with E-state index in [2.05, 4.69) is 5.10 Å². The molecule has 1 aromatic heterocycles. The van der Waals surface area contributed by atoms with Gasteiger partial charge in [-0.1, -0.05) is 0 Å². The van der Waals surface area contributed by atoms with Gasteiger partial charge < -0.3 is 10.0 Å². The van der Waals surface area contributed by atoms with E-state index >= 15 is 0 Å². The van der Waals surface area contributed by atoms with Gasteiger partial charge in [0.15, 0.2) is 5.69 Å². The number of hydrogen-bond donors (Lipinski definition) is 1. The molecular weight excluding hydrogens is 218 g/mol. The normalized spacial score (nSPS) is 15.6. The van der Waals surface area contributed by atoms with E-state index in [1.54, 1.807) is 4.68 Å². The van der Waals surface area contributed by atoms with Crippen molar-refractivity contribution in [3.8, 4) is 0 Å². The van der Waals surface area contributed by atoms with Crippen LogP contribution >= 0.6 is 0 Å². The number of aromatic nitrogens is 2. The van der Waals surface area contributed by atoms with Crippen LogP contribution in [0.4, 0.5) is 0 Å². The summed E-state index contributed by atoms with van der Waals surface area (Å²) in [5.41, 5.74) is 2.36. The molecule has 0 aliphatic carbocycles. The zero-order chi connectivity index (χ0) is 12.4. The minimum Gasteiger partial charge on any atom is -0.396 e. The number of aryl methyl sites for hydroxylation is 1. The number of rotatable bonds is 3. The lowest BCUT2D eigenvalue weighted by Crippen LogP contribution is -2.29. The zero-order valence-electron chi connectivity index (χ0n) is 10.4. The first kappa shape index (κ1) is 12.1. The molecule has 94 valence electrons. The molecule has 5 nitrogen and oxygen atoms in total. The Morgan fingerprint density at radius 1 is 1.41 bits per heavy atom. The van der Waals surface area contributed by atoms with Gasteiger partial charge in [-0.2, -0.15) is 5.10 Å². The number of hydrogen-bond acceptors (Lipinski definition) is 3. The molecular formula is C12H19N3O2. The van der Waals surface area contributed by atoms with Gasteiger partial charge in [-0.05, 0) is 26.2 Å². The van der Waals surface area contributed by atoms with E-state index in [0.29, 0.717) is 12.1 Å². The Morgan fingerprint density at radius 2 is 2.06 bits per heavy atom. The lowest BCUT2D eigenvalue weighted by molar-refractivity contribution is 0.0785. The first-order valence-electron chi connectivity index (χ1n) is 6.07. The van der Waals surface area contributed by atoms with E-state index < -0.39 is 0 Å². The van der Waals surface area contributed by atoms with Gasteiger partial charge in [-0.3, -0.25) is 9.48 Å². The molecule has 0 radical (unpaired) electrons. The van der Waals surface area contributed by atoms with Crippen LogP contribution in [-0.2, 0) is 13.5 Å². The van der Waals surface area contributed by atoms with Crippen molar-refractivity contribution in [3.63, 3.8) is 0 Å². The van der Waals surface area contributed by atoms with Gasteiger partial charge in [0, 0.05) is 38.0 Å². The van der Waals surface area contributed by atoms with Crippen molar-refractivity contribution >= 4 is 5.91 Å². The Balaban J connectivity index is 2.30. The topological polar surface area (TPSA) is 58.4 Å². The van der Waals surface area contributed by atoms with Gasteiger partial charge in [0.25, 0.3) is 5.91 Å². The minimum atomic E-state index is 0.00894. The third-order valence-corrected chi connectivity index (χ3v) is 3.42.